The highest BCUT2D eigenvalue weighted by atomic mass is 16.5. The van der Waals surface area contributed by atoms with Crippen LogP contribution in [0.25, 0.3) is 11.1 Å². The first-order valence-corrected chi connectivity index (χ1v) is 12.6. The van der Waals surface area contributed by atoms with Crippen molar-refractivity contribution in [2.45, 2.75) is 32.0 Å². The first kappa shape index (κ1) is 24.9. The van der Waals surface area contributed by atoms with E-state index < -0.39 is 0 Å². The highest BCUT2D eigenvalue weighted by Gasteiger charge is 2.37. The minimum atomic E-state index is -0.367. The number of amides is 3. The van der Waals surface area contributed by atoms with E-state index in [-0.39, 0.29) is 35.9 Å². The van der Waals surface area contributed by atoms with Gasteiger partial charge in [0.05, 0.1) is 23.8 Å². The number of hydrogen-bond donors (Lipinski definition) is 1. The molecule has 1 N–H and O–H groups in total. The SMILES string of the molecule is CN(C)Cc1ccc(-c2ccccc2CNC(=O)c2ccc3c(c2)C(=O)N(CC2CCCO2)C3=O)cc1. The standard InChI is InChI=1S/C30H31N3O4/c1-32(2)18-20-9-11-21(12-10-20)25-8-4-3-6-23(25)17-31-28(34)22-13-14-26-27(16-22)30(36)33(29(26)35)19-24-7-5-15-37-24/h3-4,6,8-14,16,24H,5,7,15,17-19H2,1-2H3,(H,31,34). The number of rotatable bonds is 8. The van der Waals surface area contributed by atoms with Crippen molar-refractivity contribution >= 4 is 17.7 Å². The van der Waals surface area contributed by atoms with Crippen LogP contribution in [-0.2, 0) is 17.8 Å². The Morgan fingerprint density at radius 2 is 1.73 bits per heavy atom. The molecule has 3 amide bonds. The molecule has 0 saturated carbocycles. The molecule has 0 aliphatic carbocycles. The van der Waals surface area contributed by atoms with Gasteiger partial charge in [0, 0.05) is 25.3 Å². The van der Waals surface area contributed by atoms with Crippen LogP contribution in [0.5, 0.6) is 0 Å². The molecule has 3 aromatic carbocycles. The van der Waals surface area contributed by atoms with Gasteiger partial charge in [-0.3, -0.25) is 19.3 Å². The van der Waals surface area contributed by atoms with Crippen molar-refractivity contribution in [3.63, 3.8) is 0 Å². The number of imide groups is 1. The van der Waals surface area contributed by atoms with Crippen LogP contribution in [0.2, 0.25) is 0 Å². The average Bonchev–Trinajstić information content (AvgIpc) is 3.50. The van der Waals surface area contributed by atoms with Crippen LogP contribution in [0.3, 0.4) is 0 Å². The van der Waals surface area contributed by atoms with E-state index >= 15 is 0 Å². The number of hydrogen-bond acceptors (Lipinski definition) is 5. The van der Waals surface area contributed by atoms with E-state index in [1.807, 2.05) is 38.4 Å². The Balaban J connectivity index is 1.28. The largest absolute Gasteiger partial charge is 0.376 e. The van der Waals surface area contributed by atoms with Gasteiger partial charge in [-0.15, -0.1) is 0 Å². The minimum Gasteiger partial charge on any atom is -0.376 e. The van der Waals surface area contributed by atoms with Crippen molar-refractivity contribution in [2.75, 3.05) is 27.2 Å². The molecule has 2 heterocycles. The molecule has 0 aromatic heterocycles. The van der Waals surface area contributed by atoms with Crippen LogP contribution in [0, 0.1) is 0 Å². The van der Waals surface area contributed by atoms with Crippen molar-refractivity contribution in [3.8, 4) is 11.1 Å². The lowest BCUT2D eigenvalue weighted by Gasteiger charge is -2.17. The summed E-state index contributed by atoms with van der Waals surface area (Å²) in [6.07, 6.45) is 1.65. The Morgan fingerprint density at radius 1 is 0.973 bits per heavy atom. The predicted octanol–water partition coefficient (Wildman–Crippen LogP) is 4.12. The second-order valence-corrected chi connectivity index (χ2v) is 9.89. The second kappa shape index (κ2) is 10.7. The third kappa shape index (κ3) is 5.33. The summed E-state index contributed by atoms with van der Waals surface area (Å²) in [4.78, 5) is 42.1. The van der Waals surface area contributed by atoms with Crippen molar-refractivity contribution in [1.82, 2.24) is 15.1 Å². The molecule has 0 radical (unpaired) electrons. The summed E-state index contributed by atoms with van der Waals surface area (Å²) in [5, 5.41) is 2.97. The maximum absolute atomic E-state index is 13.0. The van der Waals surface area contributed by atoms with Crippen LogP contribution in [0.1, 0.15) is 55.0 Å². The molecule has 2 aliphatic heterocycles. The average molecular weight is 498 g/mol. The fourth-order valence-electron chi connectivity index (χ4n) is 4.98. The summed E-state index contributed by atoms with van der Waals surface area (Å²) in [6, 6.07) is 21.1. The number of nitrogens with zero attached hydrogens (tertiary/aromatic N) is 2. The van der Waals surface area contributed by atoms with Gasteiger partial charge < -0.3 is 15.0 Å². The third-order valence-electron chi connectivity index (χ3n) is 6.86. The Hall–Kier alpha value is -3.81. The molecule has 5 rings (SSSR count). The molecule has 7 heteroatoms. The molecule has 1 fully saturated rings. The van der Waals surface area contributed by atoms with Crippen LogP contribution >= 0.6 is 0 Å². The molecule has 2 aliphatic rings. The zero-order valence-corrected chi connectivity index (χ0v) is 21.2. The number of fused-ring (bicyclic) bond motifs is 1. The minimum absolute atomic E-state index is 0.116. The van der Waals surface area contributed by atoms with Crippen molar-refractivity contribution in [2.24, 2.45) is 0 Å². The Labute approximate surface area is 217 Å². The van der Waals surface area contributed by atoms with E-state index in [2.05, 4.69) is 34.5 Å². The molecule has 1 unspecified atom stereocenters. The smallest absolute Gasteiger partial charge is 0.261 e. The Morgan fingerprint density at radius 3 is 2.46 bits per heavy atom. The van der Waals surface area contributed by atoms with E-state index in [4.69, 9.17) is 4.74 Å². The summed E-state index contributed by atoms with van der Waals surface area (Å²) >= 11 is 0. The maximum Gasteiger partial charge on any atom is 0.261 e. The lowest BCUT2D eigenvalue weighted by atomic mass is 9.98. The molecule has 0 bridgehead atoms. The van der Waals surface area contributed by atoms with Gasteiger partial charge in [0.2, 0.25) is 0 Å². The lowest BCUT2D eigenvalue weighted by molar-refractivity contribution is 0.0475. The number of carbonyl (C=O) groups is 3. The summed E-state index contributed by atoms with van der Waals surface area (Å²) in [7, 11) is 4.09. The van der Waals surface area contributed by atoms with Gasteiger partial charge in [0.1, 0.15) is 0 Å². The van der Waals surface area contributed by atoms with Crippen molar-refractivity contribution in [3.05, 3.63) is 94.5 Å². The van der Waals surface area contributed by atoms with Crippen LogP contribution < -0.4 is 5.32 Å². The van der Waals surface area contributed by atoms with E-state index in [0.717, 1.165) is 36.1 Å². The molecule has 1 saturated heterocycles. The van der Waals surface area contributed by atoms with Gasteiger partial charge in [-0.25, -0.2) is 0 Å². The summed E-state index contributed by atoms with van der Waals surface area (Å²) < 4.78 is 5.60. The summed E-state index contributed by atoms with van der Waals surface area (Å²) in [5.74, 6) is -0.988. The van der Waals surface area contributed by atoms with Gasteiger partial charge in [-0.05, 0) is 67.4 Å². The number of carbonyl (C=O) groups excluding carboxylic acids is 3. The first-order valence-electron chi connectivity index (χ1n) is 12.6. The van der Waals surface area contributed by atoms with Crippen LogP contribution in [0.4, 0.5) is 0 Å². The zero-order chi connectivity index (χ0) is 25.9. The van der Waals surface area contributed by atoms with Gasteiger partial charge in [0.25, 0.3) is 17.7 Å². The lowest BCUT2D eigenvalue weighted by Crippen LogP contribution is -2.36. The fraction of sp³-hybridized carbons (Fsp3) is 0.300. The number of nitrogens with one attached hydrogen (secondary N) is 1. The maximum atomic E-state index is 13.0. The molecule has 3 aromatic rings. The molecule has 190 valence electrons. The normalized spacial score (nSPS) is 16.9. The van der Waals surface area contributed by atoms with Gasteiger partial charge in [-0.1, -0.05) is 48.5 Å². The Bertz CT molecular complexity index is 1330. The summed E-state index contributed by atoms with van der Waals surface area (Å²) in [5.41, 5.74) is 5.32. The Kier molecular flexibility index (Phi) is 7.17. The highest BCUT2D eigenvalue weighted by Crippen LogP contribution is 2.27. The highest BCUT2D eigenvalue weighted by molar-refractivity contribution is 6.22. The van der Waals surface area contributed by atoms with E-state index in [1.165, 1.54) is 16.5 Å². The second-order valence-electron chi connectivity index (χ2n) is 9.89. The van der Waals surface area contributed by atoms with Crippen molar-refractivity contribution in [1.29, 1.82) is 0 Å². The monoisotopic (exact) mass is 497 g/mol. The molecule has 37 heavy (non-hydrogen) atoms. The number of benzene rings is 3. The first-order chi connectivity index (χ1) is 17.9. The van der Waals surface area contributed by atoms with Gasteiger partial charge in [-0.2, -0.15) is 0 Å². The van der Waals surface area contributed by atoms with E-state index in [0.29, 0.717) is 24.3 Å². The van der Waals surface area contributed by atoms with Crippen LogP contribution in [0.15, 0.2) is 66.7 Å². The van der Waals surface area contributed by atoms with Crippen LogP contribution in [-0.4, -0.2) is 60.9 Å². The molecule has 7 nitrogen and oxygen atoms in total. The van der Waals surface area contributed by atoms with Crippen molar-refractivity contribution < 1.29 is 19.1 Å². The van der Waals surface area contributed by atoms with E-state index in [1.54, 1.807) is 12.1 Å². The molecule has 1 atom stereocenters. The van der Waals surface area contributed by atoms with Gasteiger partial charge in [0.15, 0.2) is 0 Å². The predicted molar refractivity (Wildman–Crippen MR) is 141 cm³/mol. The van der Waals surface area contributed by atoms with Gasteiger partial charge >= 0.3 is 0 Å². The fourth-order valence-corrected chi connectivity index (χ4v) is 4.98. The summed E-state index contributed by atoms with van der Waals surface area (Å²) in [6.45, 7) is 2.12. The third-order valence-corrected chi connectivity index (χ3v) is 6.86. The zero-order valence-electron chi connectivity index (χ0n) is 21.2. The quantitative estimate of drug-likeness (QED) is 0.474. The van der Waals surface area contributed by atoms with E-state index in [9.17, 15) is 14.4 Å². The number of ether oxygens (including phenoxy) is 1. The molecular formula is C30H31N3O4. The molecule has 0 spiro atoms. The topological polar surface area (TPSA) is 79.0 Å². The molecular weight excluding hydrogens is 466 g/mol.